The molecule has 1 aromatic carbocycles. The number of halogens is 2. The fraction of sp³-hybridized carbons (Fsp3) is 0.231. The van der Waals surface area contributed by atoms with E-state index >= 15 is 0 Å². The summed E-state index contributed by atoms with van der Waals surface area (Å²) in [7, 11) is 1.78. The molecule has 0 radical (unpaired) electrons. The fourth-order valence-corrected chi connectivity index (χ4v) is 1.73. The van der Waals surface area contributed by atoms with Crippen molar-refractivity contribution in [2.45, 2.75) is 13.5 Å². The molecule has 0 aliphatic carbocycles. The maximum Gasteiger partial charge on any atom is 0.254 e. The summed E-state index contributed by atoms with van der Waals surface area (Å²) in [4.78, 5) is 11.9. The molecule has 0 atom stereocenters. The Labute approximate surface area is 114 Å². The number of aromatic nitrogens is 2. The van der Waals surface area contributed by atoms with Crippen molar-refractivity contribution in [3.05, 3.63) is 46.8 Å². The van der Waals surface area contributed by atoms with E-state index in [4.69, 9.17) is 5.73 Å². The Hall–Kier alpha value is -2.44. The molecular weight excluding hydrogens is 266 g/mol. The minimum absolute atomic E-state index is 0.204. The predicted molar refractivity (Wildman–Crippen MR) is 69.9 cm³/mol. The van der Waals surface area contributed by atoms with Crippen LogP contribution in [0.5, 0.6) is 0 Å². The fourth-order valence-electron chi connectivity index (χ4n) is 1.73. The Morgan fingerprint density at radius 3 is 2.70 bits per heavy atom. The van der Waals surface area contributed by atoms with Gasteiger partial charge in [0.15, 0.2) is 0 Å². The Kier molecular flexibility index (Phi) is 3.69. The minimum Gasteiger partial charge on any atom is -0.396 e. The number of aryl methyl sites for hydroxylation is 1. The third-order valence-corrected chi connectivity index (χ3v) is 3.11. The number of nitrogen functional groups attached to an aromatic ring is 1. The molecule has 2 aromatic rings. The highest BCUT2D eigenvalue weighted by molar-refractivity contribution is 5.95. The lowest BCUT2D eigenvalue weighted by atomic mass is 10.1. The summed E-state index contributed by atoms with van der Waals surface area (Å²) >= 11 is 0. The maximum atomic E-state index is 13.5. The first kappa shape index (κ1) is 14.0. The third kappa shape index (κ3) is 2.61. The van der Waals surface area contributed by atoms with Crippen LogP contribution in [0, 0.1) is 18.6 Å². The lowest BCUT2D eigenvalue weighted by Gasteiger charge is -2.07. The van der Waals surface area contributed by atoms with E-state index in [0.717, 1.165) is 17.3 Å². The molecule has 0 bridgehead atoms. The normalized spacial score (nSPS) is 10.6. The Morgan fingerprint density at radius 1 is 1.40 bits per heavy atom. The molecule has 106 valence electrons. The van der Waals surface area contributed by atoms with E-state index < -0.39 is 17.5 Å². The number of carbonyl (C=O) groups excluding carboxylic acids is 1. The Balaban J connectivity index is 2.13. The summed E-state index contributed by atoms with van der Waals surface area (Å²) < 4.78 is 28.2. The van der Waals surface area contributed by atoms with Gasteiger partial charge in [-0.05, 0) is 13.0 Å². The molecule has 0 unspecified atom stereocenters. The van der Waals surface area contributed by atoms with E-state index in [0.29, 0.717) is 6.07 Å². The van der Waals surface area contributed by atoms with Gasteiger partial charge in [0.25, 0.3) is 5.91 Å². The van der Waals surface area contributed by atoms with Crippen molar-refractivity contribution in [2.24, 2.45) is 7.05 Å². The molecule has 3 N–H and O–H groups in total. The van der Waals surface area contributed by atoms with Crippen LogP contribution in [0.2, 0.25) is 0 Å². The molecule has 0 fully saturated rings. The van der Waals surface area contributed by atoms with Gasteiger partial charge in [0, 0.05) is 30.9 Å². The molecule has 0 aliphatic rings. The molecule has 0 saturated carbocycles. The third-order valence-electron chi connectivity index (χ3n) is 3.11. The van der Waals surface area contributed by atoms with E-state index in [1.54, 1.807) is 17.9 Å². The molecule has 1 heterocycles. The van der Waals surface area contributed by atoms with Gasteiger partial charge >= 0.3 is 0 Å². The van der Waals surface area contributed by atoms with Crippen LogP contribution in [-0.2, 0) is 13.6 Å². The van der Waals surface area contributed by atoms with Gasteiger partial charge in [0.1, 0.15) is 11.6 Å². The highest BCUT2D eigenvalue weighted by Crippen LogP contribution is 2.16. The topological polar surface area (TPSA) is 72.9 Å². The number of nitrogens with two attached hydrogens (primary N) is 1. The van der Waals surface area contributed by atoms with E-state index in [1.807, 2.05) is 6.92 Å². The van der Waals surface area contributed by atoms with E-state index in [9.17, 15) is 13.6 Å². The number of benzene rings is 1. The van der Waals surface area contributed by atoms with E-state index in [1.165, 1.54) is 0 Å². The highest BCUT2D eigenvalue weighted by Gasteiger charge is 2.15. The maximum absolute atomic E-state index is 13.5. The number of hydrogen-bond acceptors (Lipinski definition) is 3. The van der Waals surface area contributed by atoms with Crippen LogP contribution in [-0.4, -0.2) is 15.7 Å². The van der Waals surface area contributed by atoms with Crippen molar-refractivity contribution < 1.29 is 13.6 Å². The summed E-state index contributed by atoms with van der Waals surface area (Å²) in [5, 5.41) is 6.58. The zero-order chi connectivity index (χ0) is 14.9. The van der Waals surface area contributed by atoms with Gasteiger partial charge in [-0.2, -0.15) is 5.10 Å². The molecule has 0 saturated heterocycles. The average molecular weight is 280 g/mol. The van der Waals surface area contributed by atoms with Gasteiger partial charge in [-0.1, -0.05) is 0 Å². The predicted octanol–water partition coefficient (Wildman–Crippen LogP) is 1.52. The molecule has 2 rings (SSSR count). The van der Waals surface area contributed by atoms with Crippen LogP contribution in [0.4, 0.5) is 14.5 Å². The molecule has 7 heteroatoms. The van der Waals surface area contributed by atoms with Crippen molar-refractivity contribution >= 4 is 11.6 Å². The number of rotatable bonds is 3. The molecule has 1 amide bonds. The van der Waals surface area contributed by atoms with Crippen molar-refractivity contribution in [3.63, 3.8) is 0 Å². The number of carbonyl (C=O) groups is 1. The second kappa shape index (κ2) is 5.28. The SMILES string of the molecule is Cc1c(CNC(=O)c2cc(N)c(F)cc2F)cnn1C. The molecule has 0 spiro atoms. The van der Waals surface area contributed by atoms with Gasteiger partial charge < -0.3 is 11.1 Å². The first-order chi connectivity index (χ1) is 9.40. The number of hydrogen-bond donors (Lipinski definition) is 2. The Morgan fingerprint density at radius 2 is 2.10 bits per heavy atom. The molecule has 20 heavy (non-hydrogen) atoms. The summed E-state index contributed by atoms with van der Waals surface area (Å²) in [6, 6.07) is 1.58. The standard InChI is InChI=1S/C13H14F2N4O/c1-7-8(6-18-19(7)2)5-17-13(20)9-3-12(16)11(15)4-10(9)14/h3-4,6H,5,16H2,1-2H3,(H,17,20). The van der Waals surface area contributed by atoms with Crippen molar-refractivity contribution in [1.82, 2.24) is 15.1 Å². The van der Waals surface area contributed by atoms with Gasteiger partial charge in [-0.15, -0.1) is 0 Å². The van der Waals surface area contributed by atoms with Crippen LogP contribution in [0.15, 0.2) is 18.3 Å². The number of anilines is 1. The van der Waals surface area contributed by atoms with Crippen LogP contribution >= 0.6 is 0 Å². The number of amides is 1. The van der Waals surface area contributed by atoms with Gasteiger partial charge in [0.2, 0.25) is 0 Å². The summed E-state index contributed by atoms with van der Waals surface area (Å²) in [6.45, 7) is 2.06. The highest BCUT2D eigenvalue weighted by atomic mass is 19.1. The second-order valence-electron chi connectivity index (χ2n) is 4.42. The van der Waals surface area contributed by atoms with E-state index in [-0.39, 0.29) is 17.8 Å². The summed E-state index contributed by atoms with van der Waals surface area (Å²) in [5.74, 6) is -2.49. The van der Waals surface area contributed by atoms with Crippen molar-refractivity contribution in [3.8, 4) is 0 Å². The first-order valence-corrected chi connectivity index (χ1v) is 5.90. The smallest absolute Gasteiger partial charge is 0.254 e. The van der Waals surface area contributed by atoms with Crippen molar-refractivity contribution in [2.75, 3.05) is 5.73 Å². The molecule has 1 aromatic heterocycles. The number of nitrogens with zero attached hydrogens (tertiary/aromatic N) is 2. The lowest BCUT2D eigenvalue weighted by Crippen LogP contribution is -2.24. The van der Waals surface area contributed by atoms with Gasteiger partial charge in [-0.3, -0.25) is 9.48 Å². The zero-order valence-corrected chi connectivity index (χ0v) is 11.1. The quantitative estimate of drug-likeness (QED) is 0.837. The van der Waals surface area contributed by atoms with Gasteiger partial charge in [-0.25, -0.2) is 8.78 Å². The zero-order valence-electron chi connectivity index (χ0n) is 11.1. The second-order valence-corrected chi connectivity index (χ2v) is 4.42. The van der Waals surface area contributed by atoms with Crippen LogP contribution in [0.25, 0.3) is 0 Å². The number of nitrogens with one attached hydrogen (secondary N) is 1. The molecular formula is C13H14F2N4O. The minimum atomic E-state index is -0.947. The van der Waals surface area contributed by atoms with E-state index in [2.05, 4.69) is 10.4 Å². The van der Waals surface area contributed by atoms with Crippen LogP contribution in [0.1, 0.15) is 21.6 Å². The largest absolute Gasteiger partial charge is 0.396 e. The van der Waals surface area contributed by atoms with Crippen LogP contribution < -0.4 is 11.1 Å². The summed E-state index contributed by atoms with van der Waals surface area (Å²) in [5.41, 5.74) is 6.48. The average Bonchev–Trinajstić information content (AvgIpc) is 2.71. The van der Waals surface area contributed by atoms with Crippen LogP contribution in [0.3, 0.4) is 0 Å². The van der Waals surface area contributed by atoms with Gasteiger partial charge in [0.05, 0.1) is 17.4 Å². The summed E-state index contributed by atoms with van der Waals surface area (Å²) in [6.07, 6.45) is 1.62. The van der Waals surface area contributed by atoms with Crippen molar-refractivity contribution in [1.29, 1.82) is 0 Å². The lowest BCUT2D eigenvalue weighted by molar-refractivity contribution is 0.0947. The first-order valence-electron chi connectivity index (χ1n) is 5.90. The monoisotopic (exact) mass is 280 g/mol. The molecule has 0 aliphatic heterocycles. The Bertz CT molecular complexity index is 667. The molecule has 5 nitrogen and oxygen atoms in total.